The fourth-order valence-electron chi connectivity index (χ4n) is 2.35. The van der Waals surface area contributed by atoms with Crippen molar-refractivity contribution in [3.8, 4) is 0 Å². The molecule has 3 aromatic rings. The number of anilines is 4. The van der Waals surface area contributed by atoms with Crippen LogP contribution in [0.15, 0.2) is 64.5 Å². The molecule has 27 heavy (non-hydrogen) atoms. The van der Waals surface area contributed by atoms with Gasteiger partial charge in [0.2, 0.25) is 5.95 Å². The van der Waals surface area contributed by atoms with E-state index in [-0.39, 0.29) is 0 Å². The zero-order valence-corrected chi connectivity index (χ0v) is 16.7. The molecule has 0 aliphatic carbocycles. The van der Waals surface area contributed by atoms with Crippen molar-refractivity contribution in [2.75, 3.05) is 24.7 Å². The zero-order valence-electron chi connectivity index (χ0n) is 15.0. The Morgan fingerprint density at radius 2 is 1.81 bits per heavy atom. The summed E-state index contributed by atoms with van der Waals surface area (Å²) in [6, 6.07) is 15.7. The molecule has 3 rings (SSSR count). The fourth-order valence-corrected chi connectivity index (χ4v) is 3.31. The van der Waals surface area contributed by atoms with Crippen LogP contribution in [-0.4, -0.2) is 34.6 Å². The van der Waals surface area contributed by atoms with E-state index in [0.29, 0.717) is 17.3 Å². The number of nitrogens with zero attached hydrogens (tertiary/aromatic N) is 3. The van der Waals surface area contributed by atoms with Crippen molar-refractivity contribution in [1.82, 2.24) is 14.3 Å². The lowest BCUT2D eigenvalue weighted by Gasteiger charge is -2.13. The van der Waals surface area contributed by atoms with E-state index in [2.05, 4.69) is 33.2 Å². The van der Waals surface area contributed by atoms with Gasteiger partial charge >= 0.3 is 0 Å². The molecule has 6 nitrogen and oxygen atoms in total. The summed E-state index contributed by atoms with van der Waals surface area (Å²) < 4.78 is 2.03. The zero-order chi connectivity index (χ0) is 19.2. The average molecular weight is 397 g/mol. The Bertz CT molecular complexity index is 945. The van der Waals surface area contributed by atoms with Gasteiger partial charge in [-0.05, 0) is 62.4 Å². The molecule has 138 valence electrons. The van der Waals surface area contributed by atoms with Gasteiger partial charge in [0.05, 0.1) is 5.56 Å². The number of thiol groups is 1. The van der Waals surface area contributed by atoms with E-state index in [1.54, 1.807) is 18.1 Å². The molecule has 0 spiro atoms. The first-order valence-electron chi connectivity index (χ1n) is 8.19. The largest absolute Gasteiger partial charge is 0.339 e. The lowest BCUT2D eigenvalue weighted by Crippen LogP contribution is -2.04. The number of nitrogens with one attached hydrogen (secondary N) is 3. The molecule has 8 heteroatoms. The second-order valence-electron chi connectivity index (χ2n) is 5.87. The van der Waals surface area contributed by atoms with Crippen LogP contribution in [-0.2, 0) is 0 Å². The van der Waals surface area contributed by atoms with Crippen LogP contribution in [0.25, 0.3) is 0 Å². The fraction of sp³-hybridized carbons (Fsp3) is 0.105. The van der Waals surface area contributed by atoms with Gasteiger partial charge in [-0.3, -0.25) is 4.31 Å². The summed E-state index contributed by atoms with van der Waals surface area (Å²) in [5.74, 6) is 1.01. The second kappa shape index (κ2) is 8.90. The summed E-state index contributed by atoms with van der Waals surface area (Å²) in [7, 11) is 4.00. The Hall–Kier alpha value is -2.55. The SMILES string of the molecule is CN(C)Sc1cccc(Nc2nc(Nc3cccc(S)c3)ncc2C=N)c1. The van der Waals surface area contributed by atoms with Crippen molar-refractivity contribution < 1.29 is 0 Å². The molecular formula is C19H20N6S2. The molecule has 0 amide bonds. The van der Waals surface area contributed by atoms with Crippen LogP contribution in [0.1, 0.15) is 5.56 Å². The number of aromatic nitrogens is 2. The highest BCUT2D eigenvalue weighted by molar-refractivity contribution is 7.97. The van der Waals surface area contributed by atoms with Crippen LogP contribution in [0.3, 0.4) is 0 Å². The Morgan fingerprint density at radius 3 is 2.52 bits per heavy atom. The van der Waals surface area contributed by atoms with E-state index >= 15 is 0 Å². The molecule has 0 bridgehead atoms. The van der Waals surface area contributed by atoms with Crippen molar-refractivity contribution >= 4 is 53.9 Å². The standard InChI is InChI=1S/C19H20N6S2/c1-25(2)27-17-8-4-6-15(10-17)22-18-13(11-20)12-21-19(24-18)23-14-5-3-7-16(26)9-14/h3-12,20,26H,1-2H3,(H2,21,22,23,24). The highest BCUT2D eigenvalue weighted by Gasteiger charge is 2.08. The molecule has 0 saturated heterocycles. The number of hydrogen-bond acceptors (Lipinski definition) is 8. The van der Waals surface area contributed by atoms with Crippen molar-refractivity contribution in [2.24, 2.45) is 0 Å². The van der Waals surface area contributed by atoms with Gasteiger partial charge < -0.3 is 16.0 Å². The smallest absolute Gasteiger partial charge is 0.229 e. The van der Waals surface area contributed by atoms with Gasteiger partial charge in [0.15, 0.2) is 0 Å². The van der Waals surface area contributed by atoms with E-state index in [0.717, 1.165) is 21.2 Å². The Labute approximate surface area is 168 Å². The van der Waals surface area contributed by atoms with Crippen LogP contribution in [0.4, 0.5) is 23.1 Å². The van der Waals surface area contributed by atoms with Crippen LogP contribution in [0.2, 0.25) is 0 Å². The molecule has 2 aromatic carbocycles. The summed E-state index contributed by atoms with van der Waals surface area (Å²) in [5, 5.41) is 14.1. The van der Waals surface area contributed by atoms with Crippen LogP contribution in [0.5, 0.6) is 0 Å². The van der Waals surface area contributed by atoms with Crippen LogP contribution >= 0.6 is 24.6 Å². The minimum atomic E-state index is 0.445. The molecule has 0 saturated carbocycles. The minimum Gasteiger partial charge on any atom is -0.339 e. The maximum absolute atomic E-state index is 7.62. The summed E-state index contributed by atoms with van der Waals surface area (Å²) in [5.41, 5.74) is 2.35. The Kier molecular flexibility index (Phi) is 6.33. The van der Waals surface area contributed by atoms with E-state index in [1.165, 1.54) is 6.21 Å². The molecule has 0 aliphatic rings. The van der Waals surface area contributed by atoms with E-state index in [4.69, 9.17) is 5.41 Å². The van der Waals surface area contributed by atoms with E-state index < -0.39 is 0 Å². The Morgan fingerprint density at radius 1 is 1.07 bits per heavy atom. The predicted octanol–water partition coefficient (Wildman–Crippen LogP) is 4.82. The quantitative estimate of drug-likeness (QED) is 0.261. The third-order valence-electron chi connectivity index (χ3n) is 3.46. The first kappa shape index (κ1) is 19.2. The van der Waals surface area contributed by atoms with Gasteiger partial charge in [0.25, 0.3) is 0 Å². The second-order valence-corrected chi connectivity index (χ2v) is 7.77. The maximum atomic E-state index is 7.62. The molecule has 0 atom stereocenters. The summed E-state index contributed by atoms with van der Waals surface area (Å²) in [6.45, 7) is 0. The summed E-state index contributed by atoms with van der Waals surface area (Å²) in [4.78, 5) is 10.8. The molecule has 1 heterocycles. The highest BCUT2D eigenvalue weighted by atomic mass is 32.2. The van der Waals surface area contributed by atoms with Gasteiger partial charge in [0, 0.05) is 33.6 Å². The average Bonchev–Trinajstić information content (AvgIpc) is 2.62. The molecule has 3 N–H and O–H groups in total. The normalized spacial score (nSPS) is 10.7. The molecular weight excluding hydrogens is 376 g/mol. The molecule has 0 radical (unpaired) electrons. The summed E-state index contributed by atoms with van der Waals surface area (Å²) in [6.07, 6.45) is 2.85. The van der Waals surface area contributed by atoms with Gasteiger partial charge in [0.1, 0.15) is 5.82 Å². The molecule has 1 aromatic heterocycles. The number of hydrogen-bond donors (Lipinski definition) is 4. The lowest BCUT2D eigenvalue weighted by molar-refractivity contribution is 0.703. The first-order chi connectivity index (χ1) is 13.0. The molecule has 0 aliphatic heterocycles. The highest BCUT2D eigenvalue weighted by Crippen LogP contribution is 2.26. The third-order valence-corrected chi connectivity index (χ3v) is 4.57. The Balaban J connectivity index is 1.85. The van der Waals surface area contributed by atoms with E-state index in [9.17, 15) is 0 Å². The van der Waals surface area contributed by atoms with Gasteiger partial charge in [-0.2, -0.15) is 4.98 Å². The maximum Gasteiger partial charge on any atom is 0.229 e. The van der Waals surface area contributed by atoms with Crippen molar-refractivity contribution in [3.05, 3.63) is 60.3 Å². The monoisotopic (exact) mass is 396 g/mol. The third kappa shape index (κ3) is 5.46. The topological polar surface area (TPSA) is 76.9 Å². The van der Waals surface area contributed by atoms with E-state index in [1.807, 2.05) is 66.9 Å². The van der Waals surface area contributed by atoms with Gasteiger partial charge in [-0.25, -0.2) is 4.98 Å². The van der Waals surface area contributed by atoms with Crippen LogP contribution < -0.4 is 10.6 Å². The van der Waals surface area contributed by atoms with Crippen molar-refractivity contribution in [3.63, 3.8) is 0 Å². The van der Waals surface area contributed by atoms with Crippen LogP contribution in [0, 0.1) is 5.41 Å². The van der Waals surface area contributed by atoms with Crippen molar-refractivity contribution in [2.45, 2.75) is 9.79 Å². The van der Waals surface area contributed by atoms with Gasteiger partial charge in [-0.15, -0.1) is 12.6 Å². The number of benzene rings is 2. The van der Waals surface area contributed by atoms with Crippen molar-refractivity contribution in [1.29, 1.82) is 5.41 Å². The predicted molar refractivity (Wildman–Crippen MR) is 116 cm³/mol. The van der Waals surface area contributed by atoms with Gasteiger partial charge in [-0.1, -0.05) is 12.1 Å². The molecule has 0 unspecified atom stereocenters. The minimum absolute atomic E-state index is 0.445. The summed E-state index contributed by atoms with van der Waals surface area (Å²) >= 11 is 5.98. The number of rotatable bonds is 7. The molecule has 0 fully saturated rings. The lowest BCUT2D eigenvalue weighted by atomic mass is 10.3. The first-order valence-corrected chi connectivity index (χ1v) is 9.41.